The molecule has 2 aliphatic rings. The quantitative estimate of drug-likeness (QED) is 0.702. The Morgan fingerprint density at radius 1 is 1.29 bits per heavy atom. The van der Waals surface area contributed by atoms with E-state index in [2.05, 4.69) is 9.83 Å². The van der Waals surface area contributed by atoms with Crippen LogP contribution in [0.15, 0.2) is 12.1 Å². The van der Waals surface area contributed by atoms with E-state index in [9.17, 15) is 4.79 Å². The Hall–Kier alpha value is -3.05. The van der Waals surface area contributed by atoms with Crippen LogP contribution >= 0.6 is 0 Å². The molecule has 1 saturated heterocycles. The number of aromatic nitrogens is 2. The van der Waals surface area contributed by atoms with Gasteiger partial charge in [0, 0.05) is 19.0 Å². The van der Waals surface area contributed by atoms with Gasteiger partial charge in [0.1, 0.15) is 5.69 Å². The number of morpholine rings is 1. The van der Waals surface area contributed by atoms with Crippen molar-refractivity contribution >= 4 is 11.9 Å². The predicted molar refractivity (Wildman–Crippen MR) is 115 cm³/mol. The monoisotopic (exact) mass is 424 g/mol. The zero-order valence-corrected chi connectivity index (χ0v) is 18.7. The second-order valence-electron chi connectivity index (χ2n) is 8.77. The first-order chi connectivity index (χ1) is 14.8. The Labute approximate surface area is 182 Å². The third-order valence-electron chi connectivity index (χ3n) is 5.75. The van der Waals surface area contributed by atoms with Gasteiger partial charge in [0.2, 0.25) is 5.69 Å². The van der Waals surface area contributed by atoms with Crippen LogP contribution in [0.5, 0.6) is 11.5 Å². The van der Waals surface area contributed by atoms with Crippen molar-refractivity contribution in [3.05, 3.63) is 40.5 Å². The van der Waals surface area contributed by atoms with Crippen LogP contribution in [-0.4, -0.2) is 58.9 Å². The van der Waals surface area contributed by atoms with Crippen molar-refractivity contribution in [3.63, 3.8) is 0 Å². The summed E-state index contributed by atoms with van der Waals surface area (Å²) in [4.78, 5) is 23.4. The van der Waals surface area contributed by atoms with Gasteiger partial charge in [0.05, 0.1) is 37.7 Å². The van der Waals surface area contributed by atoms with Gasteiger partial charge in [-0.1, -0.05) is 0 Å². The topological polar surface area (TPSA) is 70.2 Å². The average Bonchev–Trinajstić information content (AvgIpc) is 3.11. The predicted octanol–water partition coefficient (Wildman–Crippen LogP) is 3.57. The zero-order chi connectivity index (χ0) is 22.3. The fourth-order valence-electron chi connectivity index (χ4n) is 4.29. The van der Waals surface area contributed by atoms with E-state index in [1.165, 1.54) is 0 Å². The smallest absolute Gasteiger partial charge is 0.344 e. The number of aryl methyl sites for hydroxylation is 1. The maximum absolute atomic E-state index is 13.5. The van der Waals surface area contributed by atoms with Crippen LogP contribution in [0.4, 0.5) is 5.95 Å². The zero-order valence-electron chi connectivity index (χ0n) is 18.7. The highest BCUT2D eigenvalue weighted by Crippen LogP contribution is 2.40. The van der Waals surface area contributed by atoms with E-state index in [-0.39, 0.29) is 18.0 Å². The second-order valence-corrected chi connectivity index (χ2v) is 8.77. The van der Waals surface area contributed by atoms with Gasteiger partial charge >= 0.3 is 5.95 Å². The number of methoxy groups -OCH3 is 1. The summed E-state index contributed by atoms with van der Waals surface area (Å²) in [7, 11) is 1.62. The summed E-state index contributed by atoms with van der Waals surface area (Å²) in [6.07, 6.45) is 1.32. The standard InChI is InChI=1S/C23H28N4O4/c1-14(2)31-19-12-17-15(11-18(19)29-6)7-8-16-20(25-22(24-5)27(16)17)21(28)26-9-10-30-13-23(26,3)4/h11-12,14H,7-10,13H2,1-4,6H3. The lowest BCUT2D eigenvalue weighted by Crippen LogP contribution is -2.55. The molecule has 1 amide bonds. The summed E-state index contributed by atoms with van der Waals surface area (Å²) in [5.41, 5.74) is 2.55. The molecule has 0 unspecified atom stereocenters. The molecule has 0 saturated carbocycles. The first-order valence-corrected chi connectivity index (χ1v) is 10.5. The maximum Gasteiger partial charge on any atom is 0.344 e. The molecule has 3 heterocycles. The minimum Gasteiger partial charge on any atom is -0.493 e. The highest BCUT2D eigenvalue weighted by Gasteiger charge is 2.40. The van der Waals surface area contributed by atoms with Crippen LogP contribution in [0.25, 0.3) is 10.5 Å². The summed E-state index contributed by atoms with van der Waals surface area (Å²) in [6, 6.07) is 3.84. The third-order valence-corrected chi connectivity index (χ3v) is 5.75. The number of hydrogen-bond acceptors (Lipinski definition) is 5. The average molecular weight is 425 g/mol. The highest BCUT2D eigenvalue weighted by atomic mass is 16.5. The van der Waals surface area contributed by atoms with E-state index in [0.717, 1.165) is 23.4 Å². The van der Waals surface area contributed by atoms with E-state index in [1.54, 1.807) is 11.7 Å². The van der Waals surface area contributed by atoms with Crippen LogP contribution < -0.4 is 9.47 Å². The largest absolute Gasteiger partial charge is 0.493 e. The SMILES string of the molecule is [C-]#[N+]c1nc(C(=O)N2CCOCC2(C)C)c2n1-c1cc(OC(C)C)c(OC)cc1CC2. The molecule has 0 bridgehead atoms. The van der Waals surface area contributed by atoms with Crippen molar-refractivity contribution in [1.29, 1.82) is 0 Å². The summed E-state index contributed by atoms with van der Waals surface area (Å²) in [5.74, 6) is 1.30. The lowest BCUT2D eigenvalue weighted by atomic mass is 9.98. The van der Waals surface area contributed by atoms with Gasteiger partial charge in [0.15, 0.2) is 11.5 Å². The first-order valence-electron chi connectivity index (χ1n) is 10.5. The number of nitrogens with zero attached hydrogens (tertiary/aromatic N) is 4. The van der Waals surface area contributed by atoms with E-state index in [4.69, 9.17) is 20.8 Å². The Morgan fingerprint density at radius 3 is 2.71 bits per heavy atom. The van der Waals surface area contributed by atoms with Gasteiger partial charge in [-0.3, -0.25) is 9.36 Å². The van der Waals surface area contributed by atoms with Crippen molar-refractivity contribution in [2.24, 2.45) is 0 Å². The molecule has 4 rings (SSSR count). The molecule has 2 aliphatic heterocycles. The molecule has 2 aromatic rings. The molecule has 0 N–H and O–H groups in total. The minimum absolute atomic E-state index is 0.0289. The summed E-state index contributed by atoms with van der Waals surface area (Å²) in [6.45, 7) is 17.0. The van der Waals surface area contributed by atoms with Gasteiger partial charge in [-0.15, -0.1) is 11.6 Å². The van der Waals surface area contributed by atoms with Crippen molar-refractivity contribution in [2.75, 3.05) is 26.9 Å². The molecule has 164 valence electrons. The van der Waals surface area contributed by atoms with Gasteiger partial charge < -0.3 is 24.0 Å². The summed E-state index contributed by atoms with van der Waals surface area (Å²) in [5, 5.41) is 0. The fourth-order valence-corrected chi connectivity index (χ4v) is 4.29. The molecule has 0 spiro atoms. The third kappa shape index (κ3) is 3.63. The molecule has 0 radical (unpaired) electrons. The lowest BCUT2D eigenvalue weighted by Gasteiger charge is -2.41. The molecule has 0 aliphatic carbocycles. The number of rotatable bonds is 4. The van der Waals surface area contributed by atoms with Crippen LogP contribution in [0.1, 0.15) is 49.4 Å². The number of fused-ring (bicyclic) bond motifs is 3. The van der Waals surface area contributed by atoms with Gasteiger partial charge in [0.25, 0.3) is 5.91 Å². The van der Waals surface area contributed by atoms with Crippen LogP contribution in [0.3, 0.4) is 0 Å². The molecule has 31 heavy (non-hydrogen) atoms. The number of ether oxygens (including phenoxy) is 3. The van der Waals surface area contributed by atoms with E-state index in [1.807, 2.05) is 44.7 Å². The van der Waals surface area contributed by atoms with Crippen LogP contribution in [0.2, 0.25) is 0 Å². The van der Waals surface area contributed by atoms with Crippen molar-refractivity contribution in [3.8, 4) is 17.2 Å². The summed E-state index contributed by atoms with van der Waals surface area (Å²) < 4.78 is 18.8. The molecule has 1 aromatic carbocycles. The Bertz CT molecular complexity index is 1060. The number of amides is 1. The Morgan fingerprint density at radius 2 is 2.06 bits per heavy atom. The normalized spacial score (nSPS) is 17.0. The Balaban J connectivity index is 1.83. The van der Waals surface area contributed by atoms with E-state index >= 15 is 0 Å². The van der Waals surface area contributed by atoms with E-state index in [0.29, 0.717) is 43.4 Å². The molecule has 1 aromatic heterocycles. The number of imidazole rings is 1. The molecule has 8 heteroatoms. The molecule has 0 atom stereocenters. The first kappa shape index (κ1) is 21.2. The molecular formula is C23H28N4O4. The van der Waals surface area contributed by atoms with Crippen molar-refractivity contribution < 1.29 is 19.0 Å². The Kier molecular flexibility index (Phi) is 5.40. The summed E-state index contributed by atoms with van der Waals surface area (Å²) >= 11 is 0. The van der Waals surface area contributed by atoms with Crippen LogP contribution in [-0.2, 0) is 17.6 Å². The van der Waals surface area contributed by atoms with Crippen molar-refractivity contribution in [2.45, 2.75) is 52.2 Å². The van der Waals surface area contributed by atoms with Gasteiger partial charge in [-0.2, -0.15) is 0 Å². The molecule has 1 fully saturated rings. The van der Waals surface area contributed by atoms with Gasteiger partial charge in [-0.05, 0) is 45.7 Å². The van der Waals surface area contributed by atoms with Crippen molar-refractivity contribution in [1.82, 2.24) is 14.5 Å². The highest BCUT2D eigenvalue weighted by molar-refractivity contribution is 5.95. The number of carbonyl (C=O) groups excluding carboxylic acids is 1. The number of hydrogen-bond donors (Lipinski definition) is 0. The molecule has 8 nitrogen and oxygen atoms in total. The lowest BCUT2D eigenvalue weighted by molar-refractivity contribution is -0.0373. The minimum atomic E-state index is -0.428. The van der Waals surface area contributed by atoms with Gasteiger partial charge in [-0.25, -0.2) is 0 Å². The maximum atomic E-state index is 13.5. The molecular weight excluding hydrogens is 396 g/mol. The fraction of sp³-hybridized carbons (Fsp3) is 0.522. The van der Waals surface area contributed by atoms with Crippen LogP contribution in [0, 0.1) is 6.57 Å². The number of benzene rings is 1. The second kappa shape index (κ2) is 7.89. The number of carbonyl (C=O) groups is 1. The van der Waals surface area contributed by atoms with E-state index < -0.39 is 5.54 Å².